The van der Waals surface area contributed by atoms with Crippen LogP contribution in [0.2, 0.25) is 5.02 Å². The van der Waals surface area contributed by atoms with Crippen molar-refractivity contribution in [3.63, 3.8) is 0 Å². The van der Waals surface area contributed by atoms with E-state index in [1.165, 1.54) is 4.90 Å². The number of rotatable bonds is 5. The number of halogens is 2. The Bertz CT molecular complexity index is 1090. The minimum Gasteiger partial charge on any atom is -0.447 e. The molecule has 1 unspecified atom stereocenters. The number of hydrogen-bond acceptors (Lipinski definition) is 8. The molecular weight excluding hydrogens is 415 g/mol. The van der Waals surface area contributed by atoms with Gasteiger partial charge in [-0.3, -0.25) is 0 Å². The first-order valence-electron chi connectivity index (χ1n) is 9.10. The van der Waals surface area contributed by atoms with Gasteiger partial charge in [0.05, 0.1) is 11.7 Å². The summed E-state index contributed by atoms with van der Waals surface area (Å²) in [5.41, 5.74) is 0.00600. The maximum atomic E-state index is 14.4. The van der Waals surface area contributed by atoms with Crippen molar-refractivity contribution in [3.8, 4) is 11.4 Å². The Morgan fingerprint density at radius 3 is 2.67 bits per heavy atom. The third-order valence-corrected chi connectivity index (χ3v) is 4.79. The van der Waals surface area contributed by atoms with Crippen molar-refractivity contribution in [2.75, 3.05) is 16.8 Å². The van der Waals surface area contributed by atoms with E-state index in [2.05, 4.69) is 25.4 Å². The molecule has 0 spiro atoms. The van der Waals surface area contributed by atoms with Crippen molar-refractivity contribution >= 4 is 29.5 Å². The number of carbonyl (C=O) groups excluding carboxylic acids is 1. The summed E-state index contributed by atoms with van der Waals surface area (Å²) in [7, 11) is 0. The van der Waals surface area contributed by atoms with Crippen molar-refractivity contribution in [1.29, 1.82) is 0 Å². The quantitative estimate of drug-likeness (QED) is 0.638. The smallest absolute Gasteiger partial charge is 0.416 e. The maximum Gasteiger partial charge on any atom is 0.416 e. The number of aromatic nitrogens is 4. The first-order chi connectivity index (χ1) is 14.2. The summed E-state index contributed by atoms with van der Waals surface area (Å²) >= 11 is 5.90. The van der Waals surface area contributed by atoms with Crippen LogP contribution >= 0.6 is 11.6 Å². The molecule has 1 aliphatic heterocycles. The zero-order valence-corrected chi connectivity index (χ0v) is 17.1. The van der Waals surface area contributed by atoms with Crippen LogP contribution in [0.1, 0.15) is 32.7 Å². The van der Waals surface area contributed by atoms with E-state index in [0.29, 0.717) is 10.8 Å². The average molecular weight is 433 g/mol. The molecule has 1 amide bonds. The minimum atomic E-state index is -0.741. The number of amides is 1. The van der Waals surface area contributed by atoms with Crippen LogP contribution in [0.5, 0.6) is 0 Å². The molecule has 0 bridgehead atoms. The molecule has 1 aromatic carbocycles. The van der Waals surface area contributed by atoms with Crippen molar-refractivity contribution < 1.29 is 18.4 Å². The number of nitrogens with one attached hydrogen (secondary N) is 1. The van der Waals surface area contributed by atoms with Gasteiger partial charge in [0.1, 0.15) is 12.6 Å². The van der Waals surface area contributed by atoms with E-state index < -0.39 is 23.5 Å². The highest BCUT2D eigenvalue weighted by Gasteiger charge is 2.43. The normalized spacial score (nSPS) is 16.4. The van der Waals surface area contributed by atoms with Gasteiger partial charge >= 0.3 is 6.09 Å². The van der Waals surface area contributed by atoms with Gasteiger partial charge in [-0.05, 0) is 45.0 Å². The van der Waals surface area contributed by atoms with Gasteiger partial charge in [0, 0.05) is 10.6 Å². The van der Waals surface area contributed by atoms with Crippen molar-refractivity contribution in [2.45, 2.75) is 32.4 Å². The topological polar surface area (TPSA) is 106 Å². The molecule has 1 N–H and O–H groups in total. The van der Waals surface area contributed by atoms with E-state index in [1.807, 2.05) is 0 Å². The van der Waals surface area contributed by atoms with Gasteiger partial charge in [-0.2, -0.15) is 9.97 Å². The van der Waals surface area contributed by atoms with Crippen molar-refractivity contribution in [1.82, 2.24) is 20.1 Å². The molecule has 3 aromatic rings. The number of anilines is 2. The number of nitrogens with zero attached hydrogens (tertiary/aromatic N) is 5. The Kier molecular flexibility index (Phi) is 5.02. The fraction of sp³-hybridized carbons (Fsp3) is 0.316. The third kappa shape index (κ3) is 3.78. The second-order valence-corrected chi connectivity index (χ2v) is 7.83. The lowest BCUT2D eigenvalue weighted by Crippen LogP contribution is -2.43. The van der Waals surface area contributed by atoms with Crippen LogP contribution in [0.15, 0.2) is 35.0 Å². The lowest BCUT2D eigenvalue weighted by Gasteiger charge is -2.27. The van der Waals surface area contributed by atoms with Crippen LogP contribution in [-0.2, 0) is 4.74 Å². The minimum absolute atomic E-state index is 0.0978. The molecule has 0 saturated carbocycles. The van der Waals surface area contributed by atoms with Crippen LogP contribution in [-0.4, -0.2) is 38.3 Å². The molecule has 1 atom stereocenters. The zero-order chi connectivity index (χ0) is 21.5. The Hall–Kier alpha value is -3.27. The van der Waals surface area contributed by atoms with E-state index in [4.69, 9.17) is 20.9 Å². The molecule has 1 saturated heterocycles. The lowest BCUT2D eigenvalue weighted by molar-refractivity contribution is 0.175. The standard InChI is InChI=1S/C19H18ClFN6O3/c1-10(16-24-14(26-30-16)11-4-6-12(20)7-5-11)23-17-22-8-13(21)15(25-17)27-18(28)29-9-19(27,2)3/h4-8,10H,9H2,1-3H3,(H,22,23,25). The highest BCUT2D eigenvalue weighted by atomic mass is 35.5. The fourth-order valence-electron chi connectivity index (χ4n) is 2.95. The van der Waals surface area contributed by atoms with Gasteiger partial charge in [0.15, 0.2) is 11.6 Å². The Balaban J connectivity index is 1.55. The largest absolute Gasteiger partial charge is 0.447 e. The highest BCUT2D eigenvalue weighted by Crippen LogP contribution is 2.31. The highest BCUT2D eigenvalue weighted by molar-refractivity contribution is 6.30. The lowest BCUT2D eigenvalue weighted by atomic mass is 10.1. The molecule has 0 aliphatic carbocycles. The van der Waals surface area contributed by atoms with E-state index in [9.17, 15) is 9.18 Å². The molecule has 0 radical (unpaired) electrons. The maximum absolute atomic E-state index is 14.4. The van der Waals surface area contributed by atoms with E-state index >= 15 is 0 Å². The van der Waals surface area contributed by atoms with Gasteiger partial charge < -0.3 is 14.6 Å². The Morgan fingerprint density at radius 2 is 2.00 bits per heavy atom. The molecule has 11 heteroatoms. The molecule has 1 aliphatic rings. The molecule has 3 heterocycles. The summed E-state index contributed by atoms with van der Waals surface area (Å²) in [4.78, 5) is 25.7. The van der Waals surface area contributed by atoms with Gasteiger partial charge in [0.25, 0.3) is 0 Å². The molecule has 4 rings (SSSR count). The second kappa shape index (κ2) is 7.52. The van der Waals surface area contributed by atoms with Gasteiger partial charge in [-0.15, -0.1) is 0 Å². The summed E-state index contributed by atoms with van der Waals surface area (Å²) in [5.74, 6) is -0.115. The van der Waals surface area contributed by atoms with E-state index in [-0.39, 0.29) is 24.3 Å². The van der Waals surface area contributed by atoms with Gasteiger partial charge in [-0.25, -0.2) is 19.1 Å². The summed E-state index contributed by atoms with van der Waals surface area (Å²) in [6, 6.07) is 6.54. The summed E-state index contributed by atoms with van der Waals surface area (Å²) in [6.07, 6.45) is 0.326. The molecule has 2 aromatic heterocycles. The fourth-order valence-corrected chi connectivity index (χ4v) is 3.08. The first kappa shape index (κ1) is 20.0. The third-order valence-electron chi connectivity index (χ3n) is 4.53. The predicted molar refractivity (Wildman–Crippen MR) is 107 cm³/mol. The van der Waals surface area contributed by atoms with E-state index in [0.717, 1.165) is 11.8 Å². The number of benzene rings is 1. The Morgan fingerprint density at radius 1 is 1.27 bits per heavy atom. The summed E-state index contributed by atoms with van der Waals surface area (Å²) in [5, 5.41) is 7.55. The molecular formula is C19H18ClFN6O3. The molecule has 156 valence electrons. The zero-order valence-electron chi connectivity index (χ0n) is 16.4. The van der Waals surface area contributed by atoms with Crippen LogP contribution < -0.4 is 10.2 Å². The first-order valence-corrected chi connectivity index (χ1v) is 9.48. The Labute approximate surface area is 176 Å². The average Bonchev–Trinajstić information content (AvgIpc) is 3.29. The van der Waals surface area contributed by atoms with E-state index in [1.54, 1.807) is 45.0 Å². The van der Waals surface area contributed by atoms with Crippen LogP contribution in [0.4, 0.5) is 21.0 Å². The summed E-state index contributed by atoms with van der Waals surface area (Å²) < 4.78 is 24.7. The number of ether oxygens (including phenoxy) is 1. The molecule has 1 fully saturated rings. The monoisotopic (exact) mass is 432 g/mol. The molecule has 9 nitrogen and oxygen atoms in total. The SMILES string of the molecule is CC(Nc1ncc(F)c(N2C(=O)OCC2(C)C)n1)c1nc(-c2ccc(Cl)cc2)no1. The predicted octanol–water partition coefficient (Wildman–Crippen LogP) is 4.23. The number of cyclic esters (lactones) is 1. The van der Waals surface area contributed by atoms with Gasteiger partial charge in [0.2, 0.25) is 17.7 Å². The van der Waals surface area contributed by atoms with Gasteiger partial charge in [-0.1, -0.05) is 16.8 Å². The van der Waals surface area contributed by atoms with Crippen molar-refractivity contribution in [2.24, 2.45) is 0 Å². The number of hydrogen-bond donors (Lipinski definition) is 1. The number of carbonyl (C=O) groups is 1. The van der Waals surface area contributed by atoms with Crippen LogP contribution in [0, 0.1) is 5.82 Å². The summed E-state index contributed by atoms with van der Waals surface area (Å²) in [6.45, 7) is 5.40. The van der Waals surface area contributed by atoms with Crippen LogP contribution in [0.25, 0.3) is 11.4 Å². The van der Waals surface area contributed by atoms with Crippen LogP contribution in [0.3, 0.4) is 0 Å². The molecule has 30 heavy (non-hydrogen) atoms. The van der Waals surface area contributed by atoms with Crippen molar-refractivity contribution in [3.05, 3.63) is 47.2 Å². The second-order valence-electron chi connectivity index (χ2n) is 7.40.